The first-order valence-electron chi connectivity index (χ1n) is 5.60. The lowest BCUT2D eigenvalue weighted by Gasteiger charge is -2.16. The Bertz CT molecular complexity index is 307. The first kappa shape index (κ1) is 12.1. The number of hydrogen-bond acceptors (Lipinski definition) is 2. The number of hydrogen-bond donors (Lipinski definition) is 1. The summed E-state index contributed by atoms with van der Waals surface area (Å²) in [5.41, 5.74) is 8.13. The Morgan fingerprint density at radius 2 is 2.07 bits per heavy atom. The first-order chi connectivity index (χ1) is 7.15. The topological polar surface area (TPSA) is 35.2 Å². The zero-order valence-electron chi connectivity index (χ0n) is 9.92. The van der Waals surface area contributed by atoms with Crippen LogP contribution in [0.5, 0.6) is 5.75 Å². The average Bonchev–Trinajstić information content (AvgIpc) is 2.16. The molecule has 1 aromatic rings. The molecule has 2 N–H and O–H groups in total. The maximum absolute atomic E-state index is 5.78. The third-order valence-electron chi connectivity index (χ3n) is 2.36. The summed E-state index contributed by atoms with van der Waals surface area (Å²) < 4.78 is 5.78. The molecule has 0 radical (unpaired) electrons. The molecule has 0 aliphatic rings. The highest BCUT2D eigenvalue weighted by molar-refractivity contribution is 5.39. The number of aryl methyl sites for hydroxylation is 1. The molecule has 1 rings (SSSR count). The molecule has 0 aromatic heterocycles. The summed E-state index contributed by atoms with van der Waals surface area (Å²) in [5, 5.41) is 0. The molecule has 84 valence electrons. The maximum Gasteiger partial charge on any atom is 0.123 e. The fourth-order valence-corrected chi connectivity index (χ4v) is 1.64. The van der Waals surface area contributed by atoms with E-state index < -0.39 is 0 Å². The van der Waals surface area contributed by atoms with Crippen molar-refractivity contribution in [2.45, 2.75) is 39.7 Å². The Hall–Kier alpha value is -1.02. The second-order valence-corrected chi connectivity index (χ2v) is 4.11. The minimum Gasteiger partial charge on any atom is -0.491 e. The zero-order valence-corrected chi connectivity index (χ0v) is 9.92. The normalized spacial score (nSPS) is 10.7. The Morgan fingerprint density at radius 1 is 1.33 bits per heavy atom. The molecule has 0 spiro atoms. The van der Waals surface area contributed by atoms with Crippen LogP contribution in [-0.4, -0.2) is 12.6 Å². The molecule has 1 aromatic carbocycles. The van der Waals surface area contributed by atoms with Gasteiger partial charge in [0.25, 0.3) is 0 Å². The van der Waals surface area contributed by atoms with E-state index in [9.17, 15) is 0 Å². The predicted molar refractivity (Wildman–Crippen MR) is 64.3 cm³/mol. The molecule has 2 nitrogen and oxygen atoms in total. The van der Waals surface area contributed by atoms with Gasteiger partial charge in [0.1, 0.15) is 5.75 Å². The van der Waals surface area contributed by atoms with Crippen LogP contribution in [0.15, 0.2) is 18.2 Å². The van der Waals surface area contributed by atoms with E-state index in [0.29, 0.717) is 0 Å². The minimum atomic E-state index is 0.225. The van der Waals surface area contributed by atoms with Crippen molar-refractivity contribution in [3.63, 3.8) is 0 Å². The quantitative estimate of drug-likeness (QED) is 0.805. The maximum atomic E-state index is 5.78. The summed E-state index contributed by atoms with van der Waals surface area (Å²) >= 11 is 0. The van der Waals surface area contributed by atoms with E-state index >= 15 is 0 Å². The largest absolute Gasteiger partial charge is 0.491 e. The molecule has 0 saturated carbocycles. The van der Waals surface area contributed by atoms with Crippen molar-refractivity contribution in [3.8, 4) is 5.75 Å². The lowest BCUT2D eigenvalue weighted by atomic mass is 10.0. The molecule has 0 saturated heterocycles. The highest BCUT2D eigenvalue weighted by atomic mass is 16.5. The smallest absolute Gasteiger partial charge is 0.123 e. The summed E-state index contributed by atoms with van der Waals surface area (Å²) in [6.07, 6.45) is 2.24. The van der Waals surface area contributed by atoms with E-state index in [1.165, 1.54) is 11.1 Å². The second kappa shape index (κ2) is 5.76. The van der Waals surface area contributed by atoms with E-state index in [1.54, 1.807) is 0 Å². The van der Waals surface area contributed by atoms with Crippen LogP contribution in [0.25, 0.3) is 0 Å². The molecular formula is C13H21NO. The van der Waals surface area contributed by atoms with Gasteiger partial charge in [0.15, 0.2) is 0 Å². The molecular weight excluding hydrogens is 186 g/mol. The number of rotatable bonds is 5. The van der Waals surface area contributed by atoms with Gasteiger partial charge < -0.3 is 10.5 Å². The molecule has 0 unspecified atom stereocenters. The fraction of sp³-hybridized carbons (Fsp3) is 0.538. The molecule has 0 bridgehead atoms. The third kappa shape index (κ3) is 3.56. The van der Waals surface area contributed by atoms with Crippen LogP contribution in [0, 0.1) is 6.92 Å². The van der Waals surface area contributed by atoms with Crippen LogP contribution < -0.4 is 10.5 Å². The van der Waals surface area contributed by atoms with Crippen molar-refractivity contribution in [1.82, 2.24) is 0 Å². The summed E-state index contributed by atoms with van der Waals surface area (Å²) in [6, 6.07) is 6.21. The average molecular weight is 207 g/mol. The van der Waals surface area contributed by atoms with Gasteiger partial charge in [-0.3, -0.25) is 0 Å². The van der Waals surface area contributed by atoms with Gasteiger partial charge in [-0.05, 0) is 57.4 Å². The van der Waals surface area contributed by atoms with Crippen LogP contribution in [0.3, 0.4) is 0 Å². The van der Waals surface area contributed by atoms with Gasteiger partial charge in [-0.1, -0.05) is 12.1 Å². The highest BCUT2D eigenvalue weighted by Gasteiger charge is 2.07. The molecule has 0 atom stereocenters. The van der Waals surface area contributed by atoms with Crippen LogP contribution >= 0.6 is 0 Å². The van der Waals surface area contributed by atoms with Crippen LogP contribution in [0.1, 0.15) is 31.4 Å². The lowest BCUT2D eigenvalue weighted by Crippen LogP contribution is -2.09. The van der Waals surface area contributed by atoms with Gasteiger partial charge >= 0.3 is 0 Å². The molecule has 0 amide bonds. The number of benzene rings is 1. The van der Waals surface area contributed by atoms with Gasteiger partial charge in [-0.25, -0.2) is 0 Å². The van der Waals surface area contributed by atoms with Crippen molar-refractivity contribution in [3.05, 3.63) is 29.3 Å². The Morgan fingerprint density at radius 3 is 2.67 bits per heavy atom. The predicted octanol–water partition coefficient (Wildman–Crippen LogP) is 2.67. The van der Waals surface area contributed by atoms with Gasteiger partial charge in [0.2, 0.25) is 0 Å². The third-order valence-corrected chi connectivity index (χ3v) is 2.36. The van der Waals surface area contributed by atoms with E-state index in [0.717, 1.165) is 25.1 Å². The van der Waals surface area contributed by atoms with E-state index in [4.69, 9.17) is 10.5 Å². The van der Waals surface area contributed by atoms with Gasteiger partial charge in [0.05, 0.1) is 6.10 Å². The summed E-state index contributed by atoms with van der Waals surface area (Å²) in [6.45, 7) is 6.96. The monoisotopic (exact) mass is 207 g/mol. The molecule has 0 aliphatic carbocycles. The van der Waals surface area contributed by atoms with E-state index in [-0.39, 0.29) is 6.10 Å². The first-order valence-corrected chi connectivity index (χ1v) is 5.60. The minimum absolute atomic E-state index is 0.225. The van der Waals surface area contributed by atoms with Crippen molar-refractivity contribution < 1.29 is 4.74 Å². The van der Waals surface area contributed by atoms with Crippen molar-refractivity contribution in [1.29, 1.82) is 0 Å². The molecule has 2 heteroatoms. The summed E-state index contributed by atoms with van der Waals surface area (Å²) in [4.78, 5) is 0. The van der Waals surface area contributed by atoms with Gasteiger partial charge in [-0.2, -0.15) is 0 Å². The molecule has 0 fully saturated rings. The molecule has 0 aliphatic heterocycles. The summed E-state index contributed by atoms with van der Waals surface area (Å²) in [7, 11) is 0. The van der Waals surface area contributed by atoms with Crippen molar-refractivity contribution in [2.24, 2.45) is 5.73 Å². The van der Waals surface area contributed by atoms with Gasteiger partial charge in [-0.15, -0.1) is 0 Å². The fourth-order valence-electron chi connectivity index (χ4n) is 1.64. The number of ether oxygens (including phenoxy) is 1. The SMILES string of the molecule is Cc1cccc(OC(C)C)c1CCCN. The highest BCUT2D eigenvalue weighted by Crippen LogP contribution is 2.24. The van der Waals surface area contributed by atoms with Crippen LogP contribution in [-0.2, 0) is 6.42 Å². The van der Waals surface area contributed by atoms with Crippen molar-refractivity contribution in [2.75, 3.05) is 6.54 Å². The standard InChI is InChI=1S/C13H21NO/c1-10(2)15-13-8-4-6-11(3)12(13)7-5-9-14/h4,6,8,10H,5,7,9,14H2,1-3H3. The summed E-state index contributed by atoms with van der Waals surface area (Å²) in [5.74, 6) is 1.01. The van der Waals surface area contributed by atoms with Crippen molar-refractivity contribution >= 4 is 0 Å². The Kier molecular flexibility index (Phi) is 4.63. The second-order valence-electron chi connectivity index (χ2n) is 4.11. The Labute approximate surface area is 92.4 Å². The zero-order chi connectivity index (χ0) is 11.3. The van der Waals surface area contributed by atoms with E-state index in [2.05, 4.69) is 26.8 Å². The Balaban J connectivity index is 2.87. The van der Waals surface area contributed by atoms with E-state index in [1.807, 2.05) is 12.1 Å². The van der Waals surface area contributed by atoms with Crippen LogP contribution in [0.4, 0.5) is 0 Å². The lowest BCUT2D eigenvalue weighted by molar-refractivity contribution is 0.239. The van der Waals surface area contributed by atoms with Gasteiger partial charge in [0, 0.05) is 0 Å². The molecule has 15 heavy (non-hydrogen) atoms. The molecule has 0 heterocycles. The number of nitrogens with two attached hydrogens (primary N) is 1. The van der Waals surface area contributed by atoms with Crippen LogP contribution in [0.2, 0.25) is 0 Å².